The van der Waals surface area contributed by atoms with E-state index in [4.69, 9.17) is 9.15 Å². The third kappa shape index (κ3) is 6.29. The molecule has 2 aromatic heterocycles. The first-order chi connectivity index (χ1) is 24.7. The number of halogens is 1. The Labute approximate surface area is 297 Å². The van der Waals surface area contributed by atoms with Gasteiger partial charge in [-0.25, -0.2) is 9.18 Å². The molecular weight excluding hydrogens is 669 g/mol. The number of nitrogens with one attached hydrogen (secondary N) is 2. The molecule has 2 N–H and O–H groups in total. The number of ether oxygens (including phenoxy) is 1. The molecule has 1 aliphatic rings. The molecule has 13 heteroatoms. The Balaban J connectivity index is 1.39. The van der Waals surface area contributed by atoms with E-state index in [1.165, 1.54) is 23.2 Å². The van der Waals surface area contributed by atoms with Gasteiger partial charge in [0.25, 0.3) is 5.91 Å². The van der Waals surface area contributed by atoms with Crippen LogP contribution in [0, 0.1) is 5.82 Å². The van der Waals surface area contributed by atoms with Gasteiger partial charge in [0.1, 0.15) is 22.4 Å². The van der Waals surface area contributed by atoms with E-state index < -0.39 is 34.9 Å². The Kier molecular flexibility index (Phi) is 8.85. The average molecular weight is 710 g/mol. The molecule has 1 atom stereocenters. The van der Waals surface area contributed by atoms with Crippen LogP contribution in [-0.2, 0) is 4.74 Å². The number of aromatic nitrogens is 1. The van der Waals surface area contributed by atoms with Crippen molar-refractivity contribution in [2.24, 2.45) is 0 Å². The number of unbranched alkanes of at least 4 members (excludes halogenated alkanes) is 1. The number of benzene rings is 4. The Morgan fingerprint density at radius 3 is 2.33 bits per heavy atom. The minimum Gasteiger partial charge on any atom is -0.451 e. The molecule has 7 rings (SSSR count). The maximum atomic E-state index is 16.0. The van der Waals surface area contributed by atoms with Gasteiger partial charge in [0.15, 0.2) is 27.8 Å². The van der Waals surface area contributed by atoms with Crippen LogP contribution in [0.5, 0.6) is 0 Å². The van der Waals surface area contributed by atoms with E-state index in [0.717, 1.165) is 25.5 Å². The molecule has 0 saturated carbocycles. The maximum Gasteiger partial charge on any atom is 0.407 e. The van der Waals surface area contributed by atoms with E-state index in [2.05, 4.69) is 15.5 Å². The van der Waals surface area contributed by atoms with E-state index in [1.54, 1.807) is 49.4 Å². The number of amides is 2. The van der Waals surface area contributed by atoms with Crippen LogP contribution in [0.3, 0.4) is 0 Å². The summed E-state index contributed by atoms with van der Waals surface area (Å²) in [6.45, 7) is 6.92. The number of likely N-dealkylation sites (tertiary alicyclic amines) is 1. The van der Waals surface area contributed by atoms with Gasteiger partial charge in [0, 0.05) is 47.4 Å². The number of hydrogen-bond donors (Lipinski definition) is 2. The number of rotatable bonds is 8. The quantitative estimate of drug-likeness (QED) is 0.122. The normalized spacial score (nSPS) is 15.1. The van der Waals surface area contributed by atoms with Crippen LogP contribution in [0.1, 0.15) is 50.4 Å². The molecule has 12 nitrogen and oxygen atoms in total. The smallest absolute Gasteiger partial charge is 0.407 e. The van der Waals surface area contributed by atoms with E-state index in [-0.39, 0.29) is 78.8 Å². The zero-order chi connectivity index (χ0) is 37.1. The molecule has 0 bridgehead atoms. The summed E-state index contributed by atoms with van der Waals surface area (Å²) in [5.74, 6) is -1.34. The standard InChI is InChI=1S/C39H40FN5O7/c1-39(2,3)52-38(50)42-21-12-15-44(19-21)37(49)27-20-45-29-17-24-25(34(47)23-11-7-6-10-22(23)33(24)46)18-30(29)51-36-31(41-13-8-9-14-43(4)5)28(40)16-26(32(36)45)35(27)48/h6-7,10-11,16-18,20-21,41H,8-9,12-15,19H2,1-5H3,(H,42,50). The zero-order valence-electron chi connectivity index (χ0n) is 29.7. The number of carbonyl (C=O) groups excluding carboxylic acids is 2. The summed E-state index contributed by atoms with van der Waals surface area (Å²) >= 11 is 0. The van der Waals surface area contributed by atoms with Crippen LogP contribution >= 0.6 is 0 Å². The van der Waals surface area contributed by atoms with Crippen molar-refractivity contribution in [1.29, 1.82) is 0 Å². The molecule has 6 aromatic rings. The van der Waals surface area contributed by atoms with Crippen molar-refractivity contribution in [3.8, 4) is 0 Å². The van der Waals surface area contributed by atoms with Gasteiger partial charge in [0.05, 0.1) is 16.9 Å². The zero-order valence-corrected chi connectivity index (χ0v) is 29.7. The third-order valence-electron chi connectivity index (χ3n) is 9.43. The van der Waals surface area contributed by atoms with Gasteiger partial charge in [-0.2, -0.15) is 0 Å². The topological polar surface area (TPSA) is 143 Å². The number of fused-ring (bicyclic) bond motifs is 4. The van der Waals surface area contributed by atoms with E-state index >= 15 is 4.39 Å². The fourth-order valence-corrected chi connectivity index (χ4v) is 7.00. The first-order valence-electron chi connectivity index (χ1n) is 17.4. The molecular formula is C39H40FN5O7. The monoisotopic (exact) mass is 709 g/mol. The molecule has 0 aliphatic carbocycles. The number of alkyl carbamates (subject to hydrolysis) is 1. The summed E-state index contributed by atoms with van der Waals surface area (Å²) in [6.07, 6.45) is 2.81. The third-order valence-corrected chi connectivity index (χ3v) is 9.43. The number of anilines is 1. The van der Waals surface area contributed by atoms with E-state index in [9.17, 15) is 24.0 Å². The largest absolute Gasteiger partial charge is 0.451 e. The molecule has 4 aromatic carbocycles. The molecule has 2 amide bonds. The molecule has 0 spiro atoms. The van der Waals surface area contributed by atoms with Crippen molar-refractivity contribution in [2.45, 2.75) is 51.7 Å². The highest BCUT2D eigenvalue weighted by Gasteiger charge is 2.32. The lowest BCUT2D eigenvalue weighted by molar-refractivity contribution is 0.0502. The molecule has 1 fully saturated rings. The average Bonchev–Trinajstić information content (AvgIpc) is 3.55. The second-order valence-electron chi connectivity index (χ2n) is 14.7. The van der Waals surface area contributed by atoms with E-state index in [1.807, 2.05) is 14.1 Å². The van der Waals surface area contributed by atoms with Crippen LogP contribution in [-0.4, -0.2) is 78.1 Å². The predicted molar refractivity (Wildman–Crippen MR) is 200 cm³/mol. The fraction of sp³-hybridized carbons (Fsp3) is 0.359. The van der Waals surface area contributed by atoms with Crippen LogP contribution in [0.4, 0.5) is 14.9 Å². The highest BCUT2D eigenvalue weighted by Crippen LogP contribution is 2.35. The summed E-state index contributed by atoms with van der Waals surface area (Å²) in [5.41, 5.74) is -1.58. The van der Waals surface area contributed by atoms with E-state index in [0.29, 0.717) is 18.5 Å². The van der Waals surface area contributed by atoms with Crippen LogP contribution in [0.2, 0.25) is 0 Å². The Morgan fingerprint density at radius 2 is 1.65 bits per heavy atom. The SMILES string of the molecule is CN(C)CCCCNc1c(F)cc2c(=O)c(C(=O)N3CCC(NC(=O)OC(C)(C)C)C3)cn3c4cc5c(=O)c6ccccc6c(=O)c5cc4oc1c23. The van der Waals surface area contributed by atoms with Crippen molar-refractivity contribution < 1.29 is 23.1 Å². The Morgan fingerprint density at radius 1 is 0.962 bits per heavy atom. The maximum absolute atomic E-state index is 16.0. The fourth-order valence-electron chi connectivity index (χ4n) is 7.00. The highest BCUT2D eigenvalue weighted by atomic mass is 19.1. The van der Waals surface area contributed by atoms with Gasteiger partial charge in [-0.15, -0.1) is 0 Å². The lowest BCUT2D eigenvalue weighted by atomic mass is 10.0. The number of nitrogens with zero attached hydrogens (tertiary/aromatic N) is 3. The highest BCUT2D eigenvalue weighted by molar-refractivity contribution is 6.08. The van der Waals surface area contributed by atoms with Crippen molar-refractivity contribution in [2.75, 3.05) is 45.6 Å². The first-order valence-corrected chi connectivity index (χ1v) is 17.4. The summed E-state index contributed by atoms with van der Waals surface area (Å²) in [5, 5.41) is 6.65. The van der Waals surface area contributed by atoms with Crippen molar-refractivity contribution in [3.63, 3.8) is 0 Å². The van der Waals surface area contributed by atoms with Crippen molar-refractivity contribution >= 4 is 66.8 Å². The molecule has 1 saturated heterocycles. The number of pyridine rings is 1. The van der Waals surface area contributed by atoms with Crippen molar-refractivity contribution in [1.82, 2.24) is 19.5 Å². The molecule has 0 radical (unpaired) electrons. The molecule has 270 valence electrons. The summed E-state index contributed by atoms with van der Waals surface area (Å²) in [4.78, 5) is 71.4. The Bertz CT molecular complexity index is 2590. The summed E-state index contributed by atoms with van der Waals surface area (Å²) in [7, 11) is 3.95. The van der Waals surface area contributed by atoms with Gasteiger partial charge in [-0.1, -0.05) is 24.3 Å². The second-order valence-corrected chi connectivity index (χ2v) is 14.7. The van der Waals surface area contributed by atoms with Crippen LogP contribution in [0.15, 0.2) is 67.5 Å². The van der Waals surface area contributed by atoms with Gasteiger partial charge in [0.2, 0.25) is 5.43 Å². The van der Waals surface area contributed by atoms with Gasteiger partial charge in [-0.05, 0) is 78.9 Å². The van der Waals surface area contributed by atoms with Gasteiger partial charge in [-0.3, -0.25) is 19.2 Å². The molecule has 3 heterocycles. The lowest BCUT2D eigenvalue weighted by Gasteiger charge is -2.22. The molecule has 1 aliphatic heterocycles. The predicted octanol–water partition coefficient (Wildman–Crippen LogP) is 5.30. The minimum atomic E-state index is -0.743. The van der Waals surface area contributed by atoms with Gasteiger partial charge >= 0.3 is 6.09 Å². The van der Waals surface area contributed by atoms with Crippen LogP contribution < -0.4 is 26.9 Å². The molecule has 52 heavy (non-hydrogen) atoms. The second kappa shape index (κ2) is 13.2. The lowest BCUT2D eigenvalue weighted by Crippen LogP contribution is -2.41. The number of carbonyl (C=O) groups is 2. The minimum absolute atomic E-state index is 0.0314. The van der Waals surface area contributed by atoms with Crippen LogP contribution in [0.25, 0.3) is 49.1 Å². The molecule has 1 unspecified atom stereocenters. The summed E-state index contributed by atoms with van der Waals surface area (Å²) in [6, 6.07) is 10.3. The Hall–Kier alpha value is -5.56. The summed E-state index contributed by atoms with van der Waals surface area (Å²) < 4.78 is 29.3. The van der Waals surface area contributed by atoms with Crippen molar-refractivity contribution in [3.05, 3.63) is 90.7 Å². The van der Waals surface area contributed by atoms with Gasteiger partial charge < -0.3 is 34.0 Å². The first kappa shape index (κ1) is 34.9. The number of hydrogen-bond acceptors (Lipinski definition) is 9.